The molecular formula is C60H97NO19. The number of amides is 1. The Morgan fingerprint density at radius 3 is 1.99 bits per heavy atom. The molecule has 0 aromatic rings. The first-order valence-electron chi connectivity index (χ1n) is 30.1. The highest BCUT2D eigenvalue weighted by molar-refractivity contribution is 5.80. The predicted octanol–water partition coefficient (Wildman–Crippen LogP) is 3.57. The van der Waals surface area contributed by atoms with E-state index in [-0.39, 0.29) is 53.1 Å². The summed E-state index contributed by atoms with van der Waals surface area (Å²) >= 11 is 0. The summed E-state index contributed by atoms with van der Waals surface area (Å²) in [6.45, 7) is 14.9. The molecule has 456 valence electrons. The molecule has 8 aliphatic rings. The van der Waals surface area contributed by atoms with Crippen molar-refractivity contribution in [2.75, 3.05) is 13.2 Å². The number of unbranched alkanes of at least 4 members (excludes halogenated alkanes) is 7. The molecule has 8 rings (SSSR count). The van der Waals surface area contributed by atoms with E-state index in [1.165, 1.54) is 6.92 Å². The van der Waals surface area contributed by atoms with Crippen molar-refractivity contribution in [2.24, 2.45) is 50.2 Å². The molecule has 24 atom stereocenters. The van der Waals surface area contributed by atoms with Gasteiger partial charge in [-0.2, -0.15) is 0 Å². The van der Waals surface area contributed by atoms with Crippen LogP contribution in [0.1, 0.15) is 177 Å². The second-order valence-corrected chi connectivity index (χ2v) is 27.4. The molecule has 5 aliphatic carbocycles. The molecule has 0 aromatic carbocycles. The molecule has 0 spiro atoms. The van der Waals surface area contributed by atoms with Crippen LogP contribution in [0, 0.1) is 50.2 Å². The van der Waals surface area contributed by atoms with Gasteiger partial charge in [-0.1, -0.05) is 91.7 Å². The Hall–Kier alpha value is -2.54. The van der Waals surface area contributed by atoms with Gasteiger partial charge in [0.15, 0.2) is 18.7 Å². The fourth-order valence-electron chi connectivity index (χ4n) is 16.8. The van der Waals surface area contributed by atoms with Gasteiger partial charge in [0.05, 0.1) is 43.0 Å². The van der Waals surface area contributed by atoms with Crippen LogP contribution in [0.15, 0.2) is 11.6 Å². The predicted molar refractivity (Wildman–Crippen MR) is 287 cm³/mol. The molecular weight excluding hydrogens is 1040 g/mol. The molecule has 0 bridgehead atoms. The average molecular weight is 1140 g/mol. The first-order chi connectivity index (χ1) is 37.6. The third-order valence-electron chi connectivity index (χ3n) is 21.9. The maximum absolute atomic E-state index is 15.7. The molecule has 1 amide bonds. The number of aliphatic hydroxyl groups is 9. The van der Waals surface area contributed by atoms with Gasteiger partial charge < -0.3 is 89.3 Å². The molecule has 12 unspecified atom stereocenters. The van der Waals surface area contributed by atoms with Gasteiger partial charge >= 0.3 is 5.97 Å². The highest BCUT2D eigenvalue weighted by atomic mass is 16.8. The fourth-order valence-corrected chi connectivity index (χ4v) is 16.8. The lowest BCUT2D eigenvalue weighted by Gasteiger charge is -2.71. The molecule has 0 radical (unpaired) electrons. The van der Waals surface area contributed by atoms with E-state index in [9.17, 15) is 60.3 Å². The van der Waals surface area contributed by atoms with Gasteiger partial charge in [-0.3, -0.25) is 9.59 Å². The number of ether oxygens (including phenoxy) is 6. The Morgan fingerprint density at radius 2 is 1.34 bits per heavy atom. The molecule has 3 saturated heterocycles. The summed E-state index contributed by atoms with van der Waals surface area (Å²) in [5.41, 5.74) is -2.85. The van der Waals surface area contributed by atoms with Crippen LogP contribution in [0.2, 0.25) is 0 Å². The zero-order valence-corrected chi connectivity index (χ0v) is 48.6. The number of carbonyl (C=O) groups is 4. The highest BCUT2D eigenvalue weighted by Gasteiger charge is 2.72. The van der Waals surface area contributed by atoms with Crippen molar-refractivity contribution >= 4 is 23.9 Å². The molecule has 7 fully saturated rings. The van der Waals surface area contributed by atoms with E-state index in [4.69, 9.17) is 28.4 Å². The van der Waals surface area contributed by atoms with E-state index < -0.39 is 145 Å². The van der Waals surface area contributed by atoms with Crippen LogP contribution in [0.3, 0.4) is 0 Å². The summed E-state index contributed by atoms with van der Waals surface area (Å²) in [4.78, 5) is 53.4. The summed E-state index contributed by atoms with van der Waals surface area (Å²) in [7, 11) is 0. The Bertz CT molecular complexity index is 2220. The molecule has 4 saturated carbocycles. The van der Waals surface area contributed by atoms with Crippen molar-refractivity contribution in [2.45, 2.75) is 276 Å². The van der Waals surface area contributed by atoms with E-state index >= 15 is 4.79 Å². The van der Waals surface area contributed by atoms with Gasteiger partial charge in [0.2, 0.25) is 12.2 Å². The number of esters is 1. The third-order valence-corrected chi connectivity index (χ3v) is 21.9. The minimum Gasteiger partial charge on any atom is -0.432 e. The topological polar surface area (TPSA) is 318 Å². The Kier molecular flexibility index (Phi) is 19.7. The van der Waals surface area contributed by atoms with Crippen molar-refractivity contribution in [1.82, 2.24) is 5.32 Å². The number of allylic oxidation sites excluding steroid dienone is 2. The summed E-state index contributed by atoms with van der Waals surface area (Å²) in [5.74, 6) is -1.52. The Labute approximate surface area is 472 Å². The van der Waals surface area contributed by atoms with Crippen LogP contribution in [-0.4, -0.2) is 181 Å². The zero-order valence-electron chi connectivity index (χ0n) is 48.6. The SMILES string of the molecule is CC(=O)CCCCCCCCCCC(=O)N[C@@H]1C(O)C(O[C@@H]2OC(C)[C@H](O[C@@H]3OC[C@@H](O)C(O)C3O)C(O)C2O)[C@H](OC(=O)[C@]23CCC(C)(C)CC2C2=CCC4C5(C)CC[C@H](O)C(C)(C=O)[C@@H]5CC[C@@]4(C)[C@]2(C)CC3O)O[C@@H]1CO. The van der Waals surface area contributed by atoms with Crippen molar-refractivity contribution in [1.29, 1.82) is 0 Å². The van der Waals surface area contributed by atoms with Gasteiger partial charge in [0.25, 0.3) is 0 Å². The molecule has 10 N–H and O–H groups in total. The van der Waals surface area contributed by atoms with E-state index in [1.807, 2.05) is 6.92 Å². The van der Waals surface area contributed by atoms with E-state index in [0.29, 0.717) is 38.5 Å². The molecule has 3 heterocycles. The van der Waals surface area contributed by atoms with Gasteiger partial charge in [-0.25, -0.2) is 0 Å². The smallest absolute Gasteiger partial charge is 0.317 e. The van der Waals surface area contributed by atoms with Gasteiger partial charge in [-0.15, -0.1) is 0 Å². The quantitative estimate of drug-likeness (QED) is 0.0361. The number of Topliss-reactive ketones (excluding diaryl/α,β-unsaturated/α-hetero) is 1. The summed E-state index contributed by atoms with van der Waals surface area (Å²) in [6.07, 6.45) is -7.07. The van der Waals surface area contributed by atoms with Crippen molar-refractivity contribution in [3.05, 3.63) is 11.6 Å². The van der Waals surface area contributed by atoms with Crippen molar-refractivity contribution in [3.8, 4) is 0 Å². The number of ketones is 1. The van der Waals surface area contributed by atoms with Crippen LogP contribution in [-0.2, 0) is 47.6 Å². The summed E-state index contributed by atoms with van der Waals surface area (Å²) in [6, 6.07) is -1.34. The monoisotopic (exact) mass is 1140 g/mol. The van der Waals surface area contributed by atoms with Crippen molar-refractivity contribution in [3.63, 3.8) is 0 Å². The normalized spacial score (nSPS) is 47.1. The minimum absolute atomic E-state index is 0.0420. The number of hydrogen-bond acceptors (Lipinski definition) is 19. The highest BCUT2D eigenvalue weighted by Crippen LogP contribution is 2.76. The van der Waals surface area contributed by atoms with Crippen LogP contribution in [0.5, 0.6) is 0 Å². The number of carbonyl (C=O) groups excluding carboxylic acids is 4. The number of fused-ring (bicyclic) bond motifs is 7. The Balaban J connectivity index is 1.04. The number of rotatable bonds is 20. The lowest BCUT2D eigenvalue weighted by molar-refractivity contribution is -0.370. The van der Waals surface area contributed by atoms with E-state index in [2.05, 4.69) is 46.0 Å². The van der Waals surface area contributed by atoms with Gasteiger partial charge in [-0.05, 0) is 124 Å². The zero-order chi connectivity index (χ0) is 58.5. The van der Waals surface area contributed by atoms with Crippen LogP contribution in [0.4, 0.5) is 0 Å². The van der Waals surface area contributed by atoms with Crippen LogP contribution in [0.25, 0.3) is 0 Å². The van der Waals surface area contributed by atoms with E-state index in [1.54, 1.807) is 6.92 Å². The molecule has 80 heavy (non-hydrogen) atoms. The standard InChI is InChI=1S/C60H97NO19/c1-32(64)17-15-13-11-9-10-12-14-16-18-42(68)61-43-37(29-62)77-53(50(45(43)70)79-52-48(73)46(71)49(33(2)76-52)78-51-47(72)44(69)36(65)30-75-51)80-54(74)60-26-25-55(3,4)27-35(60)34-19-20-39-56(5)23-22-40(66)57(6,31-63)38(56)21-24-58(39,7)59(34,8)28-41(60)67/h19,31,33,35-41,43-53,62,65-67,69-73H,9-18,20-30H2,1-8H3,(H,61,68)/t33?,35?,36-,37-,38-,39?,40+,41?,43+,44?,45?,46?,47?,48?,49+,50?,51+,52+,53+,56?,57?,58-,59-,60-/m1/s1. The number of aldehydes is 1. The number of hydrogen-bond donors (Lipinski definition) is 10. The van der Waals surface area contributed by atoms with Gasteiger partial charge in [0, 0.05) is 12.8 Å². The maximum atomic E-state index is 15.7. The molecule has 20 heteroatoms. The fraction of sp³-hybridized carbons (Fsp3) is 0.900. The number of aliphatic hydroxyl groups excluding tert-OH is 9. The molecule has 3 aliphatic heterocycles. The van der Waals surface area contributed by atoms with Gasteiger partial charge in [0.1, 0.15) is 66.3 Å². The largest absolute Gasteiger partial charge is 0.432 e. The van der Waals surface area contributed by atoms with Crippen molar-refractivity contribution < 1.29 is 93.6 Å². The molecule has 0 aromatic heterocycles. The second-order valence-electron chi connectivity index (χ2n) is 27.4. The lowest BCUT2D eigenvalue weighted by Crippen LogP contribution is -2.69. The third kappa shape index (κ3) is 11.7. The number of nitrogens with one attached hydrogen (secondary N) is 1. The van der Waals surface area contributed by atoms with E-state index in [0.717, 1.165) is 76.1 Å². The summed E-state index contributed by atoms with van der Waals surface area (Å²) in [5, 5.41) is 104. The first-order valence-corrected chi connectivity index (χ1v) is 30.1. The van der Waals surface area contributed by atoms with Crippen LogP contribution < -0.4 is 5.32 Å². The molecule has 20 nitrogen and oxygen atoms in total. The maximum Gasteiger partial charge on any atom is 0.317 e. The average Bonchev–Trinajstić information content (AvgIpc) is 3.42. The Morgan fingerprint density at radius 1 is 0.700 bits per heavy atom. The summed E-state index contributed by atoms with van der Waals surface area (Å²) < 4.78 is 36.5. The first kappa shape index (κ1) is 63.5. The van der Waals surface area contributed by atoms with Crippen LogP contribution >= 0.6 is 0 Å². The lowest BCUT2D eigenvalue weighted by atomic mass is 9.33. The second kappa shape index (κ2) is 24.8. The minimum atomic E-state index is -1.94.